The van der Waals surface area contributed by atoms with Crippen LogP contribution in [0.1, 0.15) is 5.69 Å². The Balaban J connectivity index is 1.68. The summed E-state index contributed by atoms with van der Waals surface area (Å²) in [5.41, 5.74) is 0.971. The number of nitrogens with one attached hydrogen (secondary N) is 1. The molecule has 17 heavy (non-hydrogen) atoms. The monoisotopic (exact) mass is 235 g/mol. The van der Waals surface area contributed by atoms with Crippen molar-refractivity contribution in [1.82, 2.24) is 24.9 Å². The summed E-state index contributed by atoms with van der Waals surface area (Å²) in [5.74, 6) is 0. The number of hydrogen-bond acceptors (Lipinski definition) is 4. The molecule has 2 heterocycles. The standard InChI is InChI=1S/C11H17N5O/c1-15-6-3-10(14-15)7-12-8-11(17)9-16-5-2-4-13-16/h2-6,11-12,17H,7-9H2,1H3. The van der Waals surface area contributed by atoms with Gasteiger partial charge in [-0.2, -0.15) is 10.2 Å². The Morgan fingerprint density at radius 2 is 2.35 bits per heavy atom. The molecule has 0 aliphatic carbocycles. The Morgan fingerprint density at radius 1 is 1.47 bits per heavy atom. The van der Waals surface area contributed by atoms with Crippen molar-refractivity contribution in [3.63, 3.8) is 0 Å². The molecule has 0 aliphatic rings. The summed E-state index contributed by atoms with van der Waals surface area (Å²) in [7, 11) is 1.88. The summed E-state index contributed by atoms with van der Waals surface area (Å²) in [6, 6.07) is 3.79. The number of aliphatic hydroxyl groups is 1. The second kappa shape index (κ2) is 5.60. The van der Waals surface area contributed by atoms with Crippen LogP contribution in [0.5, 0.6) is 0 Å². The van der Waals surface area contributed by atoms with Crippen molar-refractivity contribution in [2.24, 2.45) is 7.05 Å². The first kappa shape index (κ1) is 11.8. The van der Waals surface area contributed by atoms with Crippen LogP contribution in [0.2, 0.25) is 0 Å². The van der Waals surface area contributed by atoms with Gasteiger partial charge < -0.3 is 10.4 Å². The summed E-state index contributed by atoms with van der Waals surface area (Å²) >= 11 is 0. The molecule has 2 rings (SSSR count). The molecule has 6 heteroatoms. The average Bonchev–Trinajstić information content (AvgIpc) is 2.90. The van der Waals surface area contributed by atoms with Gasteiger partial charge >= 0.3 is 0 Å². The van der Waals surface area contributed by atoms with E-state index in [2.05, 4.69) is 15.5 Å². The number of aliphatic hydroxyl groups excluding tert-OH is 1. The zero-order valence-electron chi connectivity index (χ0n) is 9.82. The Bertz CT molecular complexity index is 436. The molecule has 0 aliphatic heterocycles. The molecule has 0 fully saturated rings. The molecule has 0 radical (unpaired) electrons. The Labute approximate surface area is 99.9 Å². The van der Waals surface area contributed by atoms with Gasteiger partial charge in [0.05, 0.1) is 18.3 Å². The van der Waals surface area contributed by atoms with Crippen molar-refractivity contribution in [2.75, 3.05) is 6.54 Å². The molecule has 1 unspecified atom stereocenters. The maximum atomic E-state index is 9.76. The summed E-state index contributed by atoms with van der Waals surface area (Å²) in [6.07, 6.45) is 4.99. The van der Waals surface area contributed by atoms with Gasteiger partial charge in [-0.3, -0.25) is 9.36 Å². The molecule has 0 amide bonds. The zero-order valence-corrected chi connectivity index (χ0v) is 9.82. The quantitative estimate of drug-likeness (QED) is 0.725. The number of nitrogens with zero attached hydrogens (tertiary/aromatic N) is 4. The molecule has 2 aromatic heterocycles. The predicted octanol–water partition coefficient (Wildman–Crippen LogP) is -0.233. The SMILES string of the molecule is Cn1ccc(CNCC(O)Cn2cccn2)n1. The van der Waals surface area contributed by atoms with Crippen LogP contribution in [0, 0.1) is 0 Å². The van der Waals surface area contributed by atoms with Gasteiger partial charge in [-0.1, -0.05) is 0 Å². The van der Waals surface area contributed by atoms with Crippen LogP contribution in [-0.4, -0.2) is 37.3 Å². The van der Waals surface area contributed by atoms with Gasteiger partial charge in [0, 0.05) is 38.7 Å². The number of hydrogen-bond donors (Lipinski definition) is 2. The van der Waals surface area contributed by atoms with Crippen LogP contribution in [-0.2, 0) is 20.1 Å². The van der Waals surface area contributed by atoms with Crippen LogP contribution in [0.25, 0.3) is 0 Å². The second-order valence-corrected chi connectivity index (χ2v) is 3.99. The lowest BCUT2D eigenvalue weighted by Crippen LogP contribution is -2.30. The Morgan fingerprint density at radius 3 is 3.00 bits per heavy atom. The highest BCUT2D eigenvalue weighted by atomic mass is 16.3. The van der Waals surface area contributed by atoms with Gasteiger partial charge in [-0.05, 0) is 12.1 Å². The molecular weight excluding hydrogens is 218 g/mol. The van der Waals surface area contributed by atoms with Crippen molar-refractivity contribution < 1.29 is 5.11 Å². The smallest absolute Gasteiger partial charge is 0.0860 e. The first-order chi connectivity index (χ1) is 8.24. The van der Waals surface area contributed by atoms with E-state index in [4.69, 9.17) is 0 Å². The van der Waals surface area contributed by atoms with Crippen LogP contribution in [0.3, 0.4) is 0 Å². The Kier molecular flexibility index (Phi) is 3.89. The van der Waals surface area contributed by atoms with Gasteiger partial charge in [0.2, 0.25) is 0 Å². The van der Waals surface area contributed by atoms with Gasteiger partial charge in [0.1, 0.15) is 0 Å². The lowest BCUT2D eigenvalue weighted by molar-refractivity contribution is 0.146. The fraction of sp³-hybridized carbons (Fsp3) is 0.455. The van der Waals surface area contributed by atoms with Crippen LogP contribution in [0.4, 0.5) is 0 Å². The van der Waals surface area contributed by atoms with Crippen molar-refractivity contribution in [2.45, 2.75) is 19.2 Å². The minimum atomic E-state index is -0.446. The topological polar surface area (TPSA) is 67.9 Å². The molecule has 0 spiro atoms. The maximum absolute atomic E-state index is 9.76. The highest BCUT2D eigenvalue weighted by Crippen LogP contribution is 1.94. The predicted molar refractivity (Wildman–Crippen MR) is 63.1 cm³/mol. The van der Waals surface area contributed by atoms with E-state index in [1.165, 1.54) is 0 Å². The van der Waals surface area contributed by atoms with E-state index in [9.17, 15) is 5.11 Å². The molecule has 0 saturated heterocycles. The highest BCUT2D eigenvalue weighted by Gasteiger charge is 2.05. The van der Waals surface area contributed by atoms with Crippen molar-refractivity contribution >= 4 is 0 Å². The van der Waals surface area contributed by atoms with E-state index in [0.717, 1.165) is 5.69 Å². The minimum absolute atomic E-state index is 0.446. The molecule has 0 bridgehead atoms. The molecule has 2 aromatic rings. The molecule has 6 nitrogen and oxygen atoms in total. The van der Waals surface area contributed by atoms with Gasteiger partial charge in [0.15, 0.2) is 0 Å². The third kappa shape index (κ3) is 3.69. The third-order valence-corrected chi connectivity index (χ3v) is 2.41. The van der Waals surface area contributed by atoms with Crippen LogP contribution < -0.4 is 5.32 Å². The summed E-state index contributed by atoms with van der Waals surface area (Å²) in [6.45, 7) is 1.69. The highest BCUT2D eigenvalue weighted by molar-refractivity contribution is 4.97. The summed E-state index contributed by atoms with van der Waals surface area (Å²) in [5, 5.41) is 21.2. The van der Waals surface area contributed by atoms with E-state index in [-0.39, 0.29) is 0 Å². The fourth-order valence-corrected chi connectivity index (χ4v) is 1.61. The van der Waals surface area contributed by atoms with E-state index in [1.807, 2.05) is 31.6 Å². The molecule has 0 saturated carbocycles. The minimum Gasteiger partial charge on any atom is -0.390 e. The van der Waals surface area contributed by atoms with E-state index < -0.39 is 6.10 Å². The van der Waals surface area contributed by atoms with Gasteiger partial charge in [0.25, 0.3) is 0 Å². The number of aromatic nitrogens is 4. The average molecular weight is 235 g/mol. The lowest BCUT2D eigenvalue weighted by Gasteiger charge is -2.11. The molecule has 92 valence electrons. The fourth-order valence-electron chi connectivity index (χ4n) is 1.61. The van der Waals surface area contributed by atoms with Crippen molar-refractivity contribution in [1.29, 1.82) is 0 Å². The maximum Gasteiger partial charge on any atom is 0.0860 e. The van der Waals surface area contributed by atoms with Gasteiger partial charge in [-0.25, -0.2) is 0 Å². The van der Waals surface area contributed by atoms with Crippen LogP contribution in [0.15, 0.2) is 30.7 Å². The van der Waals surface area contributed by atoms with E-state index in [1.54, 1.807) is 15.6 Å². The normalized spacial score (nSPS) is 12.8. The molecule has 2 N–H and O–H groups in total. The molecular formula is C11H17N5O. The van der Waals surface area contributed by atoms with Gasteiger partial charge in [-0.15, -0.1) is 0 Å². The largest absolute Gasteiger partial charge is 0.390 e. The van der Waals surface area contributed by atoms with Crippen molar-refractivity contribution in [3.8, 4) is 0 Å². The number of aryl methyl sites for hydroxylation is 1. The first-order valence-corrected chi connectivity index (χ1v) is 5.59. The van der Waals surface area contributed by atoms with E-state index >= 15 is 0 Å². The Hall–Kier alpha value is -1.66. The third-order valence-electron chi connectivity index (χ3n) is 2.41. The number of rotatable bonds is 6. The lowest BCUT2D eigenvalue weighted by atomic mass is 10.3. The second-order valence-electron chi connectivity index (χ2n) is 3.99. The first-order valence-electron chi connectivity index (χ1n) is 5.59. The van der Waals surface area contributed by atoms with E-state index in [0.29, 0.717) is 19.6 Å². The molecule has 1 atom stereocenters. The van der Waals surface area contributed by atoms with Crippen molar-refractivity contribution in [3.05, 3.63) is 36.4 Å². The summed E-state index contributed by atoms with van der Waals surface area (Å²) < 4.78 is 3.48. The van der Waals surface area contributed by atoms with Crippen LogP contribution >= 0.6 is 0 Å². The summed E-state index contributed by atoms with van der Waals surface area (Å²) in [4.78, 5) is 0. The molecule has 0 aromatic carbocycles. The zero-order chi connectivity index (χ0) is 12.1.